The summed E-state index contributed by atoms with van der Waals surface area (Å²) in [6, 6.07) is 0.417. The average molecular weight is 290 g/mol. The monoisotopic (exact) mass is 290 g/mol. The number of nitrogens with two attached hydrogens (primary N) is 1. The molecule has 21 heavy (non-hydrogen) atoms. The maximum Gasteiger partial charge on any atom is 0.276 e. The van der Waals surface area contributed by atoms with E-state index in [0.29, 0.717) is 23.3 Å². The van der Waals surface area contributed by atoms with E-state index in [0.717, 1.165) is 31.5 Å². The van der Waals surface area contributed by atoms with Crippen LogP contribution in [-0.2, 0) is 6.42 Å². The van der Waals surface area contributed by atoms with Gasteiger partial charge in [0, 0.05) is 12.6 Å². The second kappa shape index (κ2) is 6.08. The maximum absolute atomic E-state index is 12.8. The molecule has 2 fully saturated rings. The Hall–Kier alpha value is -1.52. The number of nitrogens with zero attached hydrogens (tertiary/aromatic N) is 2. The van der Waals surface area contributed by atoms with Crippen LogP contribution in [0.25, 0.3) is 0 Å². The highest BCUT2D eigenvalue weighted by atomic mass is 16.2. The van der Waals surface area contributed by atoms with Crippen LogP contribution in [0.1, 0.15) is 68.1 Å². The molecule has 0 radical (unpaired) electrons. The number of anilines is 1. The number of nitrogens with one attached hydrogen (secondary N) is 1. The molecule has 5 nitrogen and oxygen atoms in total. The number of aromatic amines is 1. The van der Waals surface area contributed by atoms with Gasteiger partial charge in [0.15, 0.2) is 5.69 Å². The first-order valence-electron chi connectivity index (χ1n) is 8.34. The van der Waals surface area contributed by atoms with Crippen LogP contribution in [0.2, 0.25) is 0 Å². The Kier molecular flexibility index (Phi) is 4.17. The van der Waals surface area contributed by atoms with E-state index in [4.69, 9.17) is 5.73 Å². The number of rotatable bonds is 5. The topological polar surface area (TPSA) is 75.0 Å². The Morgan fingerprint density at radius 2 is 2.00 bits per heavy atom. The molecular formula is C16H26N4O. The summed E-state index contributed by atoms with van der Waals surface area (Å²) in [5.74, 6) is 0.686. The van der Waals surface area contributed by atoms with Crippen LogP contribution < -0.4 is 5.73 Å². The fourth-order valence-corrected chi connectivity index (χ4v) is 3.39. The molecule has 116 valence electrons. The van der Waals surface area contributed by atoms with E-state index >= 15 is 0 Å². The number of carbonyl (C=O) groups excluding carboxylic acids is 1. The number of H-pyrrole nitrogens is 1. The van der Waals surface area contributed by atoms with Crippen LogP contribution in [0.5, 0.6) is 0 Å². The number of nitrogen functional groups attached to an aromatic ring is 1. The molecule has 5 heteroatoms. The number of hydrogen-bond donors (Lipinski definition) is 2. The van der Waals surface area contributed by atoms with Crippen molar-refractivity contribution in [2.75, 3.05) is 12.3 Å². The van der Waals surface area contributed by atoms with E-state index in [1.54, 1.807) is 0 Å². The van der Waals surface area contributed by atoms with Gasteiger partial charge >= 0.3 is 0 Å². The molecule has 0 saturated heterocycles. The van der Waals surface area contributed by atoms with E-state index in [9.17, 15) is 4.79 Å². The quantitative estimate of drug-likeness (QED) is 0.875. The van der Waals surface area contributed by atoms with Crippen molar-refractivity contribution in [3.8, 4) is 0 Å². The third-order valence-electron chi connectivity index (χ3n) is 4.87. The Balaban J connectivity index is 1.73. The molecule has 0 spiro atoms. The molecule has 0 bridgehead atoms. The fourth-order valence-electron chi connectivity index (χ4n) is 3.39. The van der Waals surface area contributed by atoms with E-state index in [1.165, 1.54) is 32.1 Å². The molecule has 0 aromatic carbocycles. The molecular weight excluding hydrogens is 264 g/mol. The molecule has 2 saturated carbocycles. The first kappa shape index (κ1) is 14.4. The second-order valence-corrected chi connectivity index (χ2v) is 6.51. The smallest absolute Gasteiger partial charge is 0.276 e. The van der Waals surface area contributed by atoms with Gasteiger partial charge in [-0.3, -0.25) is 9.89 Å². The fraction of sp³-hybridized carbons (Fsp3) is 0.750. The van der Waals surface area contributed by atoms with E-state index in [1.807, 2.05) is 11.8 Å². The molecule has 1 aromatic heterocycles. The van der Waals surface area contributed by atoms with Gasteiger partial charge in [-0.1, -0.05) is 26.2 Å². The zero-order chi connectivity index (χ0) is 14.8. The highest BCUT2D eigenvalue weighted by Gasteiger charge is 2.36. The lowest BCUT2D eigenvalue weighted by Crippen LogP contribution is -2.38. The molecule has 3 N–H and O–H groups in total. The van der Waals surface area contributed by atoms with Gasteiger partial charge in [-0.05, 0) is 38.0 Å². The van der Waals surface area contributed by atoms with E-state index < -0.39 is 0 Å². The van der Waals surface area contributed by atoms with Crippen LogP contribution in [0.3, 0.4) is 0 Å². The predicted molar refractivity (Wildman–Crippen MR) is 83.0 cm³/mol. The van der Waals surface area contributed by atoms with Gasteiger partial charge < -0.3 is 10.6 Å². The standard InChI is InChI=1S/C16H26N4O/c1-2-13-14(17)15(19-18-13)16(21)20(12-8-9-12)10-11-6-4-3-5-7-11/h11-12H,2-10,17H2,1H3,(H,18,19). The predicted octanol–water partition coefficient (Wildman–Crippen LogP) is 2.74. The summed E-state index contributed by atoms with van der Waals surface area (Å²) in [6.07, 6.45) is 9.51. The molecule has 1 amide bonds. The SMILES string of the molecule is CCc1[nH]nc(C(=O)N(CC2CCCCC2)C2CC2)c1N. The minimum Gasteiger partial charge on any atom is -0.395 e. The number of amides is 1. The zero-order valence-corrected chi connectivity index (χ0v) is 12.9. The molecule has 0 aliphatic heterocycles. The molecule has 1 aromatic rings. The summed E-state index contributed by atoms with van der Waals surface area (Å²) < 4.78 is 0. The van der Waals surface area contributed by atoms with Gasteiger partial charge in [-0.2, -0.15) is 5.10 Å². The maximum atomic E-state index is 12.8. The van der Waals surface area contributed by atoms with Crippen molar-refractivity contribution >= 4 is 11.6 Å². The van der Waals surface area contributed by atoms with Crippen molar-refractivity contribution in [1.82, 2.24) is 15.1 Å². The number of carbonyl (C=O) groups is 1. The molecule has 2 aliphatic rings. The summed E-state index contributed by atoms with van der Waals surface area (Å²) in [4.78, 5) is 14.9. The van der Waals surface area contributed by atoms with Crippen LogP contribution in [0.4, 0.5) is 5.69 Å². The normalized spacial score (nSPS) is 19.7. The van der Waals surface area contributed by atoms with Crippen molar-refractivity contribution in [2.24, 2.45) is 5.92 Å². The van der Waals surface area contributed by atoms with Gasteiger partial charge in [0.1, 0.15) is 0 Å². The lowest BCUT2D eigenvalue weighted by atomic mass is 9.89. The van der Waals surface area contributed by atoms with Crippen LogP contribution >= 0.6 is 0 Å². The van der Waals surface area contributed by atoms with E-state index in [2.05, 4.69) is 10.2 Å². The van der Waals surface area contributed by atoms with Crippen molar-refractivity contribution in [1.29, 1.82) is 0 Å². The summed E-state index contributed by atoms with van der Waals surface area (Å²) in [7, 11) is 0. The largest absolute Gasteiger partial charge is 0.395 e. The Morgan fingerprint density at radius 1 is 1.29 bits per heavy atom. The van der Waals surface area contributed by atoms with Crippen LogP contribution in [0.15, 0.2) is 0 Å². The van der Waals surface area contributed by atoms with Crippen LogP contribution in [-0.4, -0.2) is 33.6 Å². The first-order valence-corrected chi connectivity index (χ1v) is 8.34. The second-order valence-electron chi connectivity index (χ2n) is 6.51. The van der Waals surface area contributed by atoms with Gasteiger partial charge in [-0.15, -0.1) is 0 Å². The first-order chi connectivity index (χ1) is 10.2. The Bertz CT molecular complexity index is 500. The molecule has 3 rings (SSSR count). The van der Waals surface area contributed by atoms with Gasteiger partial charge in [0.2, 0.25) is 0 Å². The minimum atomic E-state index is 0.0246. The van der Waals surface area contributed by atoms with Gasteiger partial charge in [-0.25, -0.2) is 0 Å². The average Bonchev–Trinajstić information content (AvgIpc) is 3.28. The Labute approximate surface area is 126 Å². The van der Waals surface area contributed by atoms with Gasteiger partial charge in [0.05, 0.1) is 11.4 Å². The Morgan fingerprint density at radius 3 is 2.57 bits per heavy atom. The number of hydrogen-bond acceptors (Lipinski definition) is 3. The van der Waals surface area contributed by atoms with Crippen molar-refractivity contribution in [3.63, 3.8) is 0 Å². The van der Waals surface area contributed by atoms with Crippen molar-refractivity contribution in [3.05, 3.63) is 11.4 Å². The lowest BCUT2D eigenvalue weighted by Gasteiger charge is -2.29. The molecule has 0 atom stereocenters. The van der Waals surface area contributed by atoms with Crippen LogP contribution in [0, 0.1) is 5.92 Å². The molecule has 2 aliphatic carbocycles. The summed E-state index contributed by atoms with van der Waals surface area (Å²) in [5.41, 5.74) is 7.90. The third-order valence-corrected chi connectivity index (χ3v) is 4.87. The lowest BCUT2D eigenvalue weighted by molar-refractivity contribution is 0.0694. The highest BCUT2D eigenvalue weighted by molar-refractivity contribution is 5.98. The third kappa shape index (κ3) is 3.06. The summed E-state index contributed by atoms with van der Waals surface area (Å²) >= 11 is 0. The summed E-state index contributed by atoms with van der Waals surface area (Å²) in [6.45, 7) is 2.90. The van der Waals surface area contributed by atoms with Crippen molar-refractivity contribution < 1.29 is 4.79 Å². The molecule has 1 heterocycles. The minimum absolute atomic E-state index is 0.0246. The van der Waals surface area contributed by atoms with Gasteiger partial charge in [0.25, 0.3) is 5.91 Å². The molecule has 0 unspecified atom stereocenters. The number of aryl methyl sites for hydroxylation is 1. The summed E-state index contributed by atoms with van der Waals surface area (Å²) in [5, 5.41) is 7.07. The highest BCUT2D eigenvalue weighted by Crippen LogP contribution is 2.33. The zero-order valence-electron chi connectivity index (χ0n) is 12.9. The van der Waals surface area contributed by atoms with E-state index in [-0.39, 0.29) is 5.91 Å². The van der Waals surface area contributed by atoms with Crippen molar-refractivity contribution in [2.45, 2.75) is 64.3 Å². The number of aromatic nitrogens is 2.